The van der Waals surface area contributed by atoms with Crippen LogP contribution in [0.2, 0.25) is 0 Å². The van der Waals surface area contributed by atoms with E-state index < -0.39 is 15.9 Å². The highest BCUT2D eigenvalue weighted by atomic mass is 32.2. The number of nitrogens with zero attached hydrogens (tertiary/aromatic N) is 2. The Morgan fingerprint density at radius 1 is 1.36 bits per heavy atom. The predicted molar refractivity (Wildman–Crippen MR) is 82.3 cm³/mol. The standard InChI is InChI=1S/C14H18N4O3S/c1-9(2)18-8-11(7-17-18)12-4-3-10(6-14(15)19)5-13(12)22(16,20)21/h3-5,7-9H,6H2,1-2H3,(H2,15,19)(H2,16,20,21). The molecule has 1 aromatic carbocycles. The van der Waals surface area contributed by atoms with E-state index in [1.165, 1.54) is 6.07 Å². The maximum absolute atomic E-state index is 11.8. The van der Waals surface area contributed by atoms with Gasteiger partial charge in [-0.15, -0.1) is 0 Å². The lowest BCUT2D eigenvalue weighted by atomic mass is 10.1. The minimum absolute atomic E-state index is 0.0467. The van der Waals surface area contributed by atoms with Crippen molar-refractivity contribution < 1.29 is 13.2 Å². The van der Waals surface area contributed by atoms with Gasteiger partial charge < -0.3 is 5.73 Å². The van der Waals surface area contributed by atoms with Gasteiger partial charge >= 0.3 is 0 Å². The Labute approximate surface area is 129 Å². The van der Waals surface area contributed by atoms with Crippen LogP contribution in [0.1, 0.15) is 25.5 Å². The topological polar surface area (TPSA) is 121 Å². The highest BCUT2D eigenvalue weighted by molar-refractivity contribution is 7.89. The van der Waals surface area contributed by atoms with E-state index in [2.05, 4.69) is 5.10 Å². The van der Waals surface area contributed by atoms with Gasteiger partial charge in [-0.3, -0.25) is 9.48 Å². The number of benzene rings is 1. The summed E-state index contributed by atoms with van der Waals surface area (Å²) < 4.78 is 25.4. The Balaban J connectivity index is 2.57. The molecule has 8 heteroatoms. The van der Waals surface area contributed by atoms with E-state index in [9.17, 15) is 13.2 Å². The third-order valence-electron chi connectivity index (χ3n) is 3.17. The van der Waals surface area contributed by atoms with Crippen LogP contribution in [0.5, 0.6) is 0 Å². The monoisotopic (exact) mass is 322 g/mol. The first kappa shape index (κ1) is 16.2. The van der Waals surface area contributed by atoms with E-state index in [0.29, 0.717) is 16.7 Å². The number of aromatic nitrogens is 2. The molecular formula is C14H18N4O3S. The van der Waals surface area contributed by atoms with E-state index in [4.69, 9.17) is 10.9 Å². The van der Waals surface area contributed by atoms with Crippen LogP contribution in [0, 0.1) is 0 Å². The van der Waals surface area contributed by atoms with Gasteiger partial charge in [0.1, 0.15) is 0 Å². The van der Waals surface area contributed by atoms with E-state index in [-0.39, 0.29) is 17.4 Å². The molecular weight excluding hydrogens is 304 g/mol. The molecule has 118 valence electrons. The molecule has 0 saturated heterocycles. The minimum atomic E-state index is -3.94. The first-order valence-electron chi connectivity index (χ1n) is 6.67. The third kappa shape index (κ3) is 3.52. The van der Waals surface area contributed by atoms with Gasteiger partial charge in [-0.2, -0.15) is 5.10 Å². The van der Waals surface area contributed by atoms with Gasteiger partial charge in [0.15, 0.2) is 0 Å². The maximum Gasteiger partial charge on any atom is 0.238 e. The second-order valence-corrected chi connectivity index (χ2v) is 6.85. The Morgan fingerprint density at radius 3 is 2.55 bits per heavy atom. The zero-order valence-corrected chi connectivity index (χ0v) is 13.2. The van der Waals surface area contributed by atoms with Crippen LogP contribution in [0.15, 0.2) is 35.5 Å². The lowest BCUT2D eigenvalue weighted by Crippen LogP contribution is -2.16. The van der Waals surface area contributed by atoms with Gasteiger partial charge in [0.05, 0.1) is 17.5 Å². The first-order chi connectivity index (χ1) is 10.2. The molecule has 22 heavy (non-hydrogen) atoms. The highest BCUT2D eigenvalue weighted by Crippen LogP contribution is 2.28. The van der Waals surface area contributed by atoms with Gasteiger partial charge in [0, 0.05) is 23.4 Å². The number of rotatable bonds is 5. The quantitative estimate of drug-likeness (QED) is 0.845. The molecule has 0 unspecified atom stereocenters. The lowest BCUT2D eigenvalue weighted by Gasteiger charge is -2.09. The molecule has 0 aliphatic rings. The maximum atomic E-state index is 11.8. The van der Waals surface area contributed by atoms with Crippen molar-refractivity contribution in [3.05, 3.63) is 36.2 Å². The fourth-order valence-electron chi connectivity index (χ4n) is 2.11. The van der Waals surface area contributed by atoms with Crippen molar-refractivity contribution in [1.29, 1.82) is 0 Å². The molecule has 7 nitrogen and oxygen atoms in total. The van der Waals surface area contributed by atoms with Crippen LogP contribution >= 0.6 is 0 Å². The van der Waals surface area contributed by atoms with Crippen LogP contribution in [0.3, 0.4) is 0 Å². The summed E-state index contributed by atoms with van der Waals surface area (Å²) >= 11 is 0. The number of hydrogen-bond acceptors (Lipinski definition) is 4. The number of hydrogen-bond donors (Lipinski definition) is 2. The van der Waals surface area contributed by atoms with Gasteiger partial charge in [-0.1, -0.05) is 12.1 Å². The van der Waals surface area contributed by atoms with Crippen molar-refractivity contribution >= 4 is 15.9 Å². The molecule has 1 aromatic heterocycles. The number of amides is 1. The Kier molecular flexibility index (Phi) is 4.34. The summed E-state index contributed by atoms with van der Waals surface area (Å²) in [6.07, 6.45) is 3.29. The largest absolute Gasteiger partial charge is 0.369 e. The Morgan fingerprint density at radius 2 is 2.05 bits per heavy atom. The summed E-state index contributed by atoms with van der Waals surface area (Å²) in [5.74, 6) is -0.541. The van der Waals surface area contributed by atoms with E-state index in [1.54, 1.807) is 29.2 Å². The van der Waals surface area contributed by atoms with Crippen molar-refractivity contribution in [2.75, 3.05) is 0 Å². The van der Waals surface area contributed by atoms with E-state index >= 15 is 0 Å². The number of primary amides is 1. The molecule has 0 bridgehead atoms. The second-order valence-electron chi connectivity index (χ2n) is 5.32. The summed E-state index contributed by atoms with van der Waals surface area (Å²) in [6.45, 7) is 3.93. The van der Waals surface area contributed by atoms with Crippen LogP contribution < -0.4 is 10.9 Å². The zero-order chi connectivity index (χ0) is 16.5. The molecule has 0 radical (unpaired) electrons. The summed E-state index contributed by atoms with van der Waals surface area (Å²) in [5.41, 5.74) is 6.72. The predicted octanol–water partition coefficient (Wildman–Crippen LogP) is 0.806. The van der Waals surface area contributed by atoms with Crippen LogP contribution in [-0.2, 0) is 21.2 Å². The van der Waals surface area contributed by atoms with Crippen molar-refractivity contribution in [2.24, 2.45) is 10.9 Å². The lowest BCUT2D eigenvalue weighted by molar-refractivity contribution is -0.117. The molecule has 4 N–H and O–H groups in total. The molecule has 1 amide bonds. The Bertz CT molecular complexity index is 809. The number of carbonyl (C=O) groups excluding carboxylic acids is 1. The van der Waals surface area contributed by atoms with Crippen LogP contribution in [-0.4, -0.2) is 24.1 Å². The number of primary sulfonamides is 1. The zero-order valence-electron chi connectivity index (χ0n) is 12.4. The number of sulfonamides is 1. The smallest absolute Gasteiger partial charge is 0.238 e. The summed E-state index contributed by atoms with van der Waals surface area (Å²) in [4.78, 5) is 10.9. The molecule has 0 spiro atoms. The van der Waals surface area contributed by atoms with Crippen molar-refractivity contribution in [3.63, 3.8) is 0 Å². The third-order valence-corrected chi connectivity index (χ3v) is 4.12. The molecule has 0 aliphatic carbocycles. The summed E-state index contributed by atoms with van der Waals surface area (Å²) in [7, 11) is -3.94. The van der Waals surface area contributed by atoms with Crippen LogP contribution in [0.4, 0.5) is 0 Å². The average Bonchev–Trinajstić information content (AvgIpc) is 2.86. The highest BCUT2D eigenvalue weighted by Gasteiger charge is 2.18. The fraction of sp³-hybridized carbons (Fsp3) is 0.286. The summed E-state index contributed by atoms with van der Waals surface area (Å²) in [5, 5.41) is 9.48. The Hall–Kier alpha value is -2.19. The fourth-order valence-corrected chi connectivity index (χ4v) is 2.92. The average molecular weight is 322 g/mol. The second kappa shape index (κ2) is 5.90. The molecule has 2 rings (SSSR count). The molecule has 1 heterocycles. The van der Waals surface area contributed by atoms with Crippen molar-refractivity contribution in [2.45, 2.75) is 31.2 Å². The van der Waals surface area contributed by atoms with E-state index in [1.807, 2.05) is 13.8 Å². The number of nitrogens with two attached hydrogens (primary N) is 2. The van der Waals surface area contributed by atoms with Gasteiger partial charge in [0.25, 0.3) is 0 Å². The molecule has 0 aliphatic heterocycles. The van der Waals surface area contributed by atoms with Gasteiger partial charge in [-0.05, 0) is 25.5 Å². The normalized spacial score (nSPS) is 11.8. The molecule has 0 saturated carbocycles. The SMILES string of the molecule is CC(C)n1cc(-c2ccc(CC(N)=O)cc2S(N)(=O)=O)cn1. The summed E-state index contributed by atoms with van der Waals surface area (Å²) in [6, 6.07) is 4.80. The minimum Gasteiger partial charge on any atom is -0.369 e. The van der Waals surface area contributed by atoms with Gasteiger partial charge in [0.2, 0.25) is 15.9 Å². The molecule has 0 atom stereocenters. The molecule has 0 fully saturated rings. The van der Waals surface area contributed by atoms with E-state index in [0.717, 1.165) is 0 Å². The van der Waals surface area contributed by atoms with Gasteiger partial charge in [-0.25, -0.2) is 13.6 Å². The first-order valence-corrected chi connectivity index (χ1v) is 8.21. The van der Waals surface area contributed by atoms with Crippen LogP contribution in [0.25, 0.3) is 11.1 Å². The number of carbonyl (C=O) groups is 1. The van der Waals surface area contributed by atoms with Crippen molar-refractivity contribution in [1.82, 2.24) is 9.78 Å². The van der Waals surface area contributed by atoms with Crippen molar-refractivity contribution in [3.8, 4) is 11.1 Å². The molecule has 2 aromatic rings.